The van der Waals surface area contributed by atoms with Gasteiger partial charge < -0.3 is 86.5 Å². The fraction of sp³-hybridized carbons (Fsp3) is 0.783. The molecule has 0 radical (unpaired) electrons. The molecule has 0 rings (SSSR count). The number of carboxylic acid groups (broad SMARTS) is 1. The van der Waals surface area contributed by atoms with Crippen LogP contribution in [0.15, 0.2) is 0 Å². The van der Waals surface area contributed by atoms with Crippen LogP contribution in [0, 0.1) is 17.8 Å². The highest BCUT2D eigenvalue weighted by atomic mass is 32.2. The zero-order valence-corrected chi connectivity index (χ0v) is 44.9. The Morgan fingerprint density at radius 3 is 1.38 bits per heavy atom. The molecule has 74 heavy (non-hydrogen) atoms. The van der Waals surface area contributed by atoms with Crippen LogP contribution in [0.25, 0.3) is 0 Å². The highest BCUT2D eigenvalue weighted by molar-refractivity contribution is 7.98. The summed E-state index contributed by atoms with van der Waals surface area (Å²) in [5.41, 5.74) is 28.4. The number of amides is 9. The molecule has 0 spiro atoms. The van der Waals surface area contributed by atoms with E-state index in [-0.39, 0.29) is 76.3 Å². The zero-order chi connectivity index (χ0) is 56.7. The predicted octanol–water partition coefficient (Wildman–Crippen LogP) is -4.88. The third-order valence-electron chi connectivity index (χ3n) is 11.6. The van der Waals surface area contributed by atoms with Crippen molar-refractivity contribution in [2.45, 2.75) is 173 Å². The minimum atomic E-state index is -1.64. The van der Waals surface area contributed by atoms with E-state index >= 15 is 0 Å². The van der Waals surface area contributed by atoms with Gasteiger partial charge in [0, 0.05) is 6.42 Å². The number of primary amides is 1. The van der Waals surface area contributed by atoms with Gasteiger partial charge in [-0.05, 0) is 101 Å². The van der Waals surface area contributed by atoms with Crippen molar-refractivity contribution in [3.63, 3.8) is 0 Å². The fourth-order valence-corrected chi connectivity index (χ4v) is 7.67. The van der Waals surface area contributed by atoms with Crippen molar-refractivity contribution in [1.82, 2.24) is 47.9 Å². The smallest absolute Gasteiger partial charge is 0.328 e. The van der Waals surface area contributed by atoms with E-state index in [0.29, 0.717) is 25.0 Å². The first-order valence-corrected chi connectivity index (χ1v) is 26.5. The molecule has 0 heterocycles. The third-order valence-corrected chi connectivity index (χ3v) is 12.3. The molecule has 9 amide bonds. The Morgan fingerprint density at radius 2 is 0.946 bits per heavy atom. The molecule has 0 aliphatic carbocycles. The predicted molar refractivity (Wildman–Crippen MR) is 277 cm³/mol. The first kappa shape index (κ1) is 68.8. The normalized spacial score (nSPS) is 15.5. The summed E-state index contributed by atoms with van der Waals surface area (Å²) >= 11 is 1.45. The van der Waals surface area contributed by atoms with Gasteiger partial charge in [0.2, 0.25) is 53.2 Å². The van der Waals surface area contributed by atoms with Crippen LogP contribution in [0.5, 0.6) is 0 Å². The number of aliphatic hydroxyl groups excluding tert-OH is 2. The minimum Gasteiger partial charge on any atom is -0.480 e. The maximum atomic E-state index is 14.3. The lowest BCUT2D eigenvalue weighted by atomic mass is 9.96. The third kappa shape index (κ3) is 27.9. The minimum absolute atomic E-state index is 0.0110. The van der Waals surface area contributed by atoms with Gasteiger partial charge in [0.25, 0.3) is 0 Å². The van der Waals surface area contributed by atoms with Gasteiger partial charge in [-0.15, -0.1) is 0 Å². The van der Waals surface area contributed by atoms with Crippen LogP contribution < -0.4 is 76.5 Å². The number of carbonyl (C=O) groups is 10. The molecule has 0 fully saturated rings. The maximum Gasteiger partial charge on any atom is 0.328 e. The van der Waals surface area contributed by atoms with Crippen LogP contribution in [-0.4, -0.2) is 173 Å². The Bertz CT molecular complexity index is 1800. The van der Waals surface area contributed by atoms with Crippen molar-refractivity contribution < 1.29 is 63.3 Å². The zero-order valence-electron chi connectivity index (χ0n) is 44.0. The monoisotopic (exact) mass is 1080 g/mol. The molecule has 0 aliphatic heterocycles. The highest BCUT2D eigenvalue weighted by Crippen LogP contribution is 2.14. The summed E-state index contributed by atoms with van der Waals surface area (Å²) in [5, 5.41) is 51.9. The number of nitrogens with one attached hydrogen (secondary N) is 9. The molecule has 0 aromatic carbocycles. The van der Waals surface area contributed by atoms with Gasteiger partial charge in [-0.25, -0.2) is 4.79 Å². The van der Waals surface area contributed by atoms with Crippen LogP contribution in [0.3, 0.4) is 0 Å². The second-order valence-electron chi connectivity index (χ2n) is 19.1. The largest absolute Gasteiger partial charge is 0.480 e. The van der Waals surface area contributed by atoms with Gasteiger partial charge in [-0.2, -0.15) is 11.8 Å². The molecule has 22 N–H and O–H groups in total. The van der Waals surface area contributed by atoms with Crippen molar-refractivity contribution in [1.29, 1.82) is 0 Å². The maximum absolute atomic E-state index is 14.3. The number of aliphatic hydroxyl groups is 2. The highest BCUT2D eigenvalue weighted by Gasteiger charge is 2.36. The summed E-state index contributed by atoms with van der Waals surface area (Å²) in [4.78, 5) is 133. The summed E-state index contributed by atoms with van der Waals surface area (Å²) in [6.07, 6.45) is 1.85. The Balaban J connectivity index is 6.86. The SMILES string of the molecule is CC[C@H](C)[C@H](NC(=O)[C@H](CCC(N)=O)NC(=O)[C@H](CO)NC(=O)[C@@H](N)CCSC)C(=O)N[C@@H](CCCCN)C(=O)N[C@@H](CCCNC(N)N)C(=O)N[C@@H](CC(C)C)C(=O)N[C@@H](CC(C)C)C(=O)N[C@@H](CO)C(=O)O. The number of carbonyl (C=O) groups excluding carboxylic acids is 9. The van der Waals surface area contributed by atoms with Crippen LogP contribution in [0.1, 0.15) is 112 Å². The summed E-state index contributed by atoms with van der Waals surface area (Å²) in [7, 11) is 0. The first-order chi connectivity index (χ1) is 34.8. The average Bonchev–Trinajstić information content (AvgIpc) is 3.33. The summed E-state index contributed by atoms with van der Waals surface area (Å²) < 4.78 is 0. The Kier molecular flexibility index (Phi) is 34.8. The van der Waals surface area contributed by atoms with Crippen LogP contribution in [-0.2, 0) is 47.9 Å². The summed E-state index contributed by atoms with van der Waals surface area (Å²) in [6.45, 7) is 9.14. The molecule has 0 aromatic heterocycles. The van der Waals surface area contributed by atoms with Crippen LogP contribution in [0.4, 0.5) is 0 Å². The molecular weight excluding hydrogens is 989 g/mol. The Morgan fingerprint density at radius 1 is 0.527 bits per heavy atom. The summed E-state index contributed by atoms with van der Waals surface area (Å²) in [6, 6.07) is -12.2. The lowest BCUT2D eigenvalue weighted by molar-refractivity contribution is -0.143. The average molecular weight is 1080 g/mol. The molecule has 0 aliphatic rings. The van der Waals surface area contributed by atoms with Crippen LogP contribution >= 0.6 is 11.8 Å². The number of nitrogens with two attached hydrogens (primary N) is 5. The molecule has 0 saturated carbocycles. The van der Waals surface area contributed by atoms with Crippen molar-refractivity contribution in [2.24, 2.45) is 46.4 Å². The Labute approximate surface area is 438 Å². The summed E-state index contributed by atoms with van der Waals surface area (Å²) in [5.74, 6) is -9.50. The van der Waals surface area contributed by atoms with E-state index in [2.05, 4.69) is 47.9 Å². The lowest BCUT2D eigenvalue weighted by Gasteiger charge is -2.30. The number of hydrogen-bond acceptors (Lipinski definition) is 18. The van der Waals surface area contributed by atoms with Crippen molar-refractivity contribution in [2.75, 3.05) is 38.3 Å². The van der Waals surface area contributed by atoms with Gasteiger partial charge in [0.1, 0.15) is 54.6 Å². The standard InChI is InChI=1S/C46H88N14O13S/c1-8-26(6)36(60-40(67)30(14-15-35(49)63)54-43(70)33(22-61)58-37(64)27(48)16-19-74-7)44(71)55-28(12-9-10-17-47)38(65)53-29(13-11-18-52-46(50)51)39(66)56-31(20-24(2)3)41(68)57-32(21-25(4)5)42(69)59-34(23-62)45(72)73/h24-34,36,46,52,61-62H,8-23,47-48,50-51H2,1-7H3,(H2,49,63)(H,53,65)(H,54,70)(H,55,71)(H,56,66)(H,57,68)(H,58,64)(H,59,69)(H,60,67)(H,72,73)/t26-,27-,28-,29-,30-,31-,32-,33-,34-,36-/m0/s1. The van der Waals surface area contributed by atoms with Gasteiger partial charge in [-0.1, -0.05) is 48.0 Å². The molecule has 28 heteroatoms. The van der Waals surface area contributed by atoms with Gasteiger partial charge in [-0.3, -0.25) is 48.5 Å². The number of hydrogen-bond donors (Lipinski definition) is 17. The molecule has 0 aromatic rings. The van der Waals surface area contributed by atoms with Crippen molar-refractivity contribution >= 4 is 70.9 Å². The van der Waals surface area contributed by atoms with E-state index in [9.17, 15) is 63.3 Å². The number of thioether (sulfide) groups is 1. The molecule has 426 valence electrons. The second kappa shape index (κ2) is 37.5. The number of aliphatic carboxylic acids is 1. The number of rotatable bonds is 40. The molecule has 27 nitrogen and oxygen atoms in total. The fourth-order valence-electron chi connectivity index (χ4n) is 7.18. The van der Waals surface area contributed by atoms with E-state index in [1.807, 2.05) is 6.26 Å². The Hall–Kier alpha value is -5.23. The van der Waals surface area contributed by atoms with Gasteiger partial charge in [0.05, 0.1) is 19.3 Å². The number of carboxylic acids is 1. The van der Waals surface area contributed by atoms with E-state index in [1.165, 1.54) is 11.8 Å². The molecule has 0 saturated heterocycles. The molecule has 0 bridgehead atoms. The lowest BCUT2D eigenvalue weighted by Crippen LogP contribution is -2.61. The van der Waals surface area contributed by atoms with E-state index in [1.54, 1.807) is 41.5 Å². The van der Waals surface area contributed by atoms with Crippen molar-refractivity contribution in [3.8, 4) is 0 Å². The second-order valence-corrected chi connectivity index (χ2v) is 20.0. The first-order valence-electron chi connectivity index (χ1n) is 25.1. The topological polar surface area (TPSA) is 470 Å². The van der Waals surface area contributed by atoms with Gasteiger partial charge >= 0.3 is 5.97 Å². The van der Waals surface area contributed by atoms with Crippen LogP contribution in [0.2, 0.25) is 0 Å². The van der Waals surface area contributed by atoms with Gasteiger partial charge in [0.15, 0.2) is 0 Å². The molecule has 0 unspecified atom stereocenters. The van der Waals surface area contributed by atoms with E-state index < -0.39 is 139 Å². The van der Waals surface area contributed by atoms with Crippen molar-refractivity contribution in [3.05, 3.63) is 0 Å². The quantitative estimate of drug-likeness (QED) is 0.0202. The molecular formula is C46H88N14O13S. The number of unbranched alkanes of at least 4 members (excludes halogenated alkanes) is 1. The molecule has 10 atom stereocenters. The van der Waals surface area contributed by atoms with E-state index in [0.717, 1.165) is 0 Å². The van der Waals surface area contributed by atoms with E-state index in [4.69, 9.17) is 28.7 Å².